The summed E-state index contributed by atoms with van der Waals surface area (Å²) in [6.07, 6.45) is 0.966. The summed E-state index contributed by atoms with van der Waals surface area (Å²) in [4.78, 5) is 0.986. The second-order valence-electron chi connectivity index (χ2n) is 3.48. The van der Waals surface area contributed by atoms with Crippen LogP contribution in [0.15, 0.2) is 29.2 Å². The van der Waals surface area contributed by atoms with Gasteiger partial charge in [-0.25, -0.2) is 0 Å². The van der Waals surface area contributed by atoms with Gasteiger partial charge < -0.3 is 0 Å². The van der Waals surface area contributed by atoms with E-state index >= 15 is 0 Å². The van der Waals surface area contributed by atoms with Crippen LogP contribution in [0.5, 0.6) is 0 Å². The molecule has 0 radical (unpaired) electrons. The Morgan fingerprint density at radius 2 is 1.93 bits per heavy atom. The molecule has 4 heteroatoms. The highest BCUT2D eigenvalue weighted by atomic mass is 35.7. The summed E-state index contributed by atoms with van der Waals surface area (Å²) in [5, 5.41) is 0. The molecule has 14 heavy (non-hydrogen) atoms. The van der Waals surface area contributed by atoms with E-state index in [1.54, 1.807) is 0 Å². The lowest BCUT2D eigenvalue weighted by Gasteiger charge is -2.24. The Bertz CT molecular complexity index is 309. The van der Waals surface area contributed by atoms with Crippen molar-refractivity contribution < 1.29 is 0 Å². The zero-order valence-corrected chi connectivity index (χ0v) is 11.7. The quantitative estimate of drug-likeness (QED) is 0.462. The number of thiol groups is 1. The summed E-state index contributed by atoms with van der Waals surface area (Å²) in [6, 6.07) is 8.02. The summed E-state index contributed by atoms with van der Waals surface area (Å²) in [6.45, 7) is 1.91. The number of benzene rings is 1. The Kier molecular flexibility index (Phi) is 4.38. The van der Waals surface area contributed by atoms with Crippen molar-refractivity contribution in [2.24, 2.45) is 0 Å². The molecule has 0 spiro atoms. The van der Waals surface area contributed by atoms with Crippen LogP contribution >= 0.6 is 34.8 Å². The standard InChI is InChI=1S/C10H14Cl2SSi/c1-3-10(14(2,11)12)8-6-4-5-7-9(8)13/h4-7,10,13H,3H2,1-2H3. The van der Waals surface area contributed by atoms with E-state index in [4.69, 9.17) is 22.2 Å². The molecule has 1 unspecified atom stereocenters. The molecule has 0 aliphatic heterocycles. The molecule has 0 N–H and O–H groups in total. The fourth-order valence-electron chi connectivity index (χ4n) is 1.63. The number of hydrogen-bond acceptors (Lipinski definition) is 1. The molecule has 0 aliphatic carbocycles. The van der Waals surface area contributed by atoms with Gasteiger partial charge in [0.05, 0.1) is 0 Å². The molecule has 0 aliphatic rings. The largest absolute Gasteiger partial charge is 0.255 e. The van der Waals surface area contributed by atoms with E-state index in [-0.39, 0.29) is 5.54 Å². The minimum Gasteiger partial charge on any atom is -0.145 e. The first-order valence-electron chi connectivity index (χ1n) is 4.62. The van der Waals surface area contributed by atoms with Gasteiger partial charge in [0.25, 0.3) is 6.69 Å². The van der Waals surface area contributed by atoms with Crippen molar-refractivity contribution in [2.45, 2.75) is 30.3 Å². The topological polar surface area (TPSA) is 0 Å². The van der Waals surface area contributed by atoms with Crippen molar-refractivity contribution in [1.29, 1.82) is 0 Å². The van der Waals surface area contributed by atoms with Crippen LogP contribution in [0.2, 0.25) is 6.55 Å². The molecule has 0 nitrogen and oxygen atoms in total. The fourth-order valence-corrected chi connectivity index (χ4v) is 5.22. The van der Waals surface area contributed by atoms with Crippen LogP contribution in [-0.2, 0) is 0 Å². The second-order valence-corrected chi connectivity index (χ2v) is 11.9. The molecule has 78 valence electrons. The smallest absolute Gasteiger partial charge is 0.145 e. The van der Waals surface area contributed by atoms with Crippen molar-refractivity contribution in [1.82, 2.24) is 0 Å². The predicted octanol–water partition coefficient (Wildman–Crippen LogP) is 4.56. The third-order valence-corrected chi connectivity index (χ3v) is 6.26. The molecule has 0 aromatic heterocycles. The maximum absolute atomic E-state index is 6.28. The van der Waals surface area contributed by atoms with Crippen LogP contribution in [0.1, 0.15) is 24.4 Å². The lowest BCUT2D eigenvalue weighted by atomic mass is 10.1. The van der Waals surface area contributed by atoms with E-state index in [0.29, 0.717) is 0 Å². The average molecular weight is 265 g/mol. The van der Waals surface area contributed by atoms with Gasteiger partial charge in [0, 0.05) is 10.4 Å². The summed E-state index contributed by atoms with van der Waals surface area (Å²) in [7, 11) is 0. The zero-order valence-electron chi connectivity index (χ0n) is 8.30. The van der Waals surface area contributed by atoms with Crippen molar-refractivity contribution in [3.63, 3.8) is 0 Å². The van der Waals surface area contributed by atoms with Crippen LogP contribution < -0.4 is 0 Å². The molecule has 1 atom stereocenters. The highest BCUT2D eigenvalue weighted by Gasteiger charge is 2.33. The molecule has 1 aromatic carbocycles. The molecule has 1 aromatic rings. The van der Waals surface area contributed by atoms with E-state index in [0.717, 1.165) is 11.3 Å². The first kappa shape index (κ1) is 12.4. The SMILES string of the molecule is CCC(c1ccccc1S)[Si](C)(Cl)Cl. The van der Waals surface area contributed by atoms with Crippen LogP contribution in [0.3, 0.4) is 0 Å². The number of hydrogen-bond donors (Lipinski definition) is 1. The minimum absolute atomic E-state index is 0.263. The molecular weight excluding hydrogens is 251 g/mol. The van der Waals surface area contributed by atoms with E-state index in [2.05, 4.69) is 25.6 Å². The van der Waals surface area contributed by atoms with Crippen molar-refractivity contribution in [3.8, 4) is 0 Å². The van der Waals surface area contributed by atoms with E-state index in [1.807, 2.05) is 24.7 Å². The van der Waals surface area contributed by atoms with Crippen molar-refractivity contribution >= 4 is 41.5 Å². The molecule has 0 saturated carbocycles. The van der Waals surface area contributed by atoms with Gasteiger partial charge in [-0.2, -0.15) is 0 Å². The van der Waals surface area contributed by atoms with Gasteiger partial charge in [0.1, 0.15) is 0 Å². The minimum atomic E-state index is -2.16. The number of halogens is 2. The van der Waals surface area contributed by atoms with E-state index in [9.17, 15) is 0 Å². The van der Waals surface area contributed by atoms with Gasteiger partial charge in [-0.05, 0) is 24.6 Å². The average Bonchev–Trinajstić information content (AvgIpc) is 2.07. The van der Waals surface area contributed by atoms with Gasteiger partial charge in [-0.1, -0.05) is 25.1 Å². The summed E-state index contributed by atoms with van der Waals surface area (Å²) >= 11 is 17.0. The number of rotatable bonds is 3. The van der Waals surface area contributed by atoms with Gasteiger partial charge in [-0.15, -0.1) is 34.8 Å². The lowest BCUT2D eigenvalue weighted by molar-refractivity contribution is 0.846. The molecule has 0 amide bonds. The van der Waals surface area contributed by atoms with Crippen LogP contribution in [0, 0.1) is 0 Å². The van der Waals surface area contributed by atoms with Crippen LogP contribution in [0.4, 0.5) is 0 Å². The van der Waals surface area contributed by atoms with Gasteiger partial charge in [0.2, 0.25) is 0 Å². The summed E-state index contributed by atoms with van der Waals surface area (Å²) in [5.74, 6) is 0. The Labute approximate surface area is 101 Å². The third-order valence-electron chi connectivity index (χ3n) is 2.33. The summed E-state index contributed by atoms with van der Waals surface area (Å²) < 4.78 is 0. The maximum Gasteiger partial charge on any atom is 0.255 e. The highest BCUT2D eigenvalue weighted by molar-refractivity contribution is 7.80. The molecule has 1 rings (SSSR count). The first-order chi connectivity index (χ1) is 6.46. The zero-order chi connectivity index (χ0) is 10.8. The van der Waals surface area contributed by atoms with Crippen molar-refractivity contribution in [2.75, 3.05) is 0 Å². The Morgan fingerprint density at radius 3 is 2.36 bits per heavy atom. The van der Waals surface area contributed by atoms with Gasteiger partial charge in [0.15, 0.2) is 0 Å². The van der Waals surface area contributed by atoms with Crippen LogP contribution in [0.25, 0.3) is 0 Å². The maximum atomic E-state index is 6.28. The summed E-state index contributed by atoms with van der Waals surface area (Å²) in [5.41, 5.74) is 1.44. The molecule has 0 heterocycles. The first-order valence-corrected chi connectivity index (χ1v) is 9.67. The van der Waals surface area contributed by atoms with Crippen molar-refractivity contribution in [3.05, 3.63) is 29.8 Å². The monoisotopic (exact) mass is 264 g/mol. The van der Waals surface area contributed by atoms with Gasteiger partial charge in [-0.3, -0.25) is 0 Å². The van der Waals surface area contributed by atoms with E-state index < -0.39 is 6.69 Å². The Balaban J connectivity index is 3.08. The Hall–Kier alpha value is 0.367. The normalized spacial score (nSPS) is 14.1. The second kappa shape index (κ2) is 4.93. The lowest BCUT2D eigenvalue weighted by Crippen LogP contribution is -2.25. The van der Waals surface area contributed by atoms with Gasteiger partial charge >= 0.3 is 0 Å². The predicted molar refractivity (Wildman–Crippen MR) is 70.1 cm³/mol. The molecule has 0 fully saturated rings. The molecule has 0 bridgehead atoms. The third kappa shape index (κ3) is 2.93. The fraction of sp³-hybridized carbons (Fsp3) is 0.400. The Morgan fingerprint density at radius 1 is 1.36 bits per heavy atom. The molecular formula is C10H14Cl2SSi. The van der Waals surface area contributed by atoms with E-state index in [1.165, 1.54) is 5.56 Å². The molecule has 0 saturated heterocycles. The highest BCUT2D eigenvalue weighted by Crippen LogP contribution is 2.38. The van der Waals surface area contributed by atoms with Crippen LogP contribution in [-0.4, -0.2) is 6.69 Å².